The lowest BCUT2D eigenvalue weighted by Crippen LogP contribution is -2.47. The molecule has 0 atom stereocenters. The fourth-order valence-electron chi connectivity index (χ4n) is 2.83. The van der Waals surface area contributed by atoms with Crippen LogP contribution in [0.15, 0.2) is 30.3 Å². The minimum absolute atomic E-state index is 0.0613. The van der Waals surface area contributed by atoms with Crippen molar-refractivity contribution in [2.24, 2.45) is 0 Å². The number of amides is 2. The first-order valence-electron chi connectivity index (χ1n) is 8.89. The van der Waals surface area contributed by atoms with E-state index < -0.39 is 0 Å². The highest BCUT2D eigenvalue weighted by Crippen LogP contribution is 2.11. The monoisotopic (exact) mass is 343 g/mol. The second-order valence-electron chi connectivity index (χ2n) is 6.92. The third-order valence-corrected chi connectivity index (χ3v) is 4.50. The molecule has 1 heterocycles. The Morgan fingerprint density at radius 2 is 1.84 bits per heavy atom. The van der Waals surface area contributed by atoms with Gasteiger partial charge in [0.25, 0.3) is 0 Å². The van der Waals surface area contributed by atoms with Crippen molar-refractivity contribution in [3.05, 3.63) is 41.5 Å². The average Bonchev–Trinajstić information content (AvgIpc) is 2.58. The lowest BCUT2D eigenvalue weighted by molar-refractivity contribution is -0.130. The molecule has 0 radical (unpaired) electrons. The summed E-state index contributed by atoms with van der Waals surface area (Å²) in [4.78, 5) is 27.6. The SMILES string of the molecule is Cc1ccc(/C=C/CC(=O)NC2CCN(CC(=O)N(C)C)CC2)cc1. The van der Waals surface area contributed by atoms with Crippen LogP contribution in [-0.2, 0) is 9.59 Å². The van der Waals surface area contributed by atoms with Gasteiger partial charge in [0.15, 0.2) is 0 Å². The van der Waals surface area contributed by atoms with E-state index in [9.17, 15) is 9.59 Å². The van der Waals surface area contributed by atoms with Gasteiger partial charge in [0.2, 0.25) is 11.8 Å². The molecular formula is C20H29N3O2. The third kappa shape index (κ3) is 6.70. The van der Waals surface area contributed by atoms with Gasteiger partial charge < -0.3 is 10.2 Å². The number of piperidine rings is 1. The molecule has 1 fully saturated rings. The fourth-order valence-corrected chi connectivity index (χ4v) is 2.83. The van der Waals surface area contributed by atoms with E-state index in [0.717, 1.165) is 31.5 Å². The fraction of sp³-hybridized carbons (Fsp3) is 0.500. The Morgan fingerprint density at radius 1 is 1.20 bits per heavy atom. The van der Waals surface area contributed by atoms with Crippen molar-refractivity contribution in [3.63, 3.8) is 0 Å². The molecule has 2 amide bonds. The van der Waals surface area contributed by atoms with Crippen molar-refractivity contribution in [1.82, 2.24) is 15.1 Å². The quantitative estimate of drug-likeness (QED) is 0.860. The molecule has 1 aliphatic rings. The van der Waals surface area contributed by atoms with Gasteiger partial charge in [-0.15, -0.1) is 0 Å². The predicted octanol–water partition coefficient (Wildman–Crippen LogP) is 2.07. The lowest BCUT2D eigenvalue weighted by Gasteiger charge is -2.32. The molecule has 0 aromatic heterocycles. The second-order valence-corrected chi connectivity index (χ2v) is 6.92. The van der Waals surface area contributed by atoms with E-state index >= 15 is 0 Å². The Bertz CT molecular complexity index is 600. The van der Waals surface area contributed by atoms with E-state index in [0.29, 0.717) is 13.0 Å². The molecule has 1 aliphatic heterocycles. The Balaban J connectivity index is 1.68. The van der Waals surface area contributed by atoms with Crippen molar-refractivity contribution in [1.29, 1.82) is 0 Å². The van der Waals surface area contributed by atoms with Crippen LogP contribution in [0, 0.1) is 6.92 Å². The summed E-state index contributed by atoms with van der Waals surface area (Å²) in [6.07, 6.45) is 6.08. The Morgan fingerprint density at radius 3 is 2.44 bits per heavy atom. The van der Waals surface area contributed by atoms with Crippen LogP contribution in [-0.4, -0.2) is 61.4 Å². The topological polar surface area (TPSA) is 52.7 Å². The largest absolute Gasteiger partial charge is 0.353 e. The maximum atomic E-state index is 12.1. The molecule has 1 aromatic rings. The zero-order chi connectivity index (χ0) is 18.2. The summed E-state index contributed by atoms with van der Waals surface area (Å²) in [6.45, 7) is 4.23. The molecule has 0 spiro atoms. The molecule has 0 bridgehead atoms. The third-order valence-electron chi connectivity index (χ3n) is 4.50. The first-order valence-corrected chi connectivity index (χ1v) is 8.89. The van der Waals surface area contributed by atoms with Crippen LogP contribution in [0.2, 0.25) is 0 Å². The molecule has 1 saturated heterocycles. The maximum Gasteiger partial charge on any atom is 0.236 e. The van der Waals surface area contributed by atoms with Gasteiger partial charge in [0.05, 0.1) is 6.54 Å². The number of hydrogen-bond acceptors (Lipinski definition) is 3. The van der Waals surface area contributed by atoms with Crippen LogP contribution < -0.4 is 5.32 Å². The first kappa shape index (κ1) is 19.2. The minimum atomic E-state index is 0.0613. The van der Waals surface area contributed by atoms with Crippen LogP contribution >= 0.6 is 0 Å². The molecule has 136 valence electrons. The molecule has 1 aromatic carbocycles. The van der Waals surface area contributed by atoms with Crippen molar-refractivity contribution in [3.8, 4) is 0 Å². The lowest BCUT2D eigenvalue weighted by atomic mass is 10.0. The Labute approximate surface area is 150 Å². The van der Waals surface area contributed by atoms with Crippen molar-refractivity contribution in [2.75, 3.05) is 33.7 Å². The van der Waals surface area contributed by atoms with Gasteiger partial charge >= 0.3 is 0 Å². The van der Waals surface area contributed by atoms with Crippen LogP contribution in [0.1, 0.15) is 30.4 Å². The summed E-state index contributed by atoms with van der Waals surface area (Å²) in [7, 11) is 3.55. The number of benzene rings is 1. The summed E-state index contributed by atoms with van der Waals surface area (Å²) in [5.74, 6) is 0.190. The summed E-state index contributed by atoms with van der Waals surface area (Å²) < 4.78 is 0. The highest BCUT2D eigenvalue weighted by Gasteiger charge is 2.22. The molecule has 1 N–H and O–H groups in total. The van der Waals surface area contributed by atoms with Crippen LogP contribution in [0.4, 0.5) is 0 Å². The Kier molecular flexibility index (Phi) is 7.19. The van der Waals surface area contributed by atoms with E-state index in [1.807, 2.05) is 12.2 Å². The number of carbonyl (C=O) groups is 2. The average molecular weight is 343 g/mol. The molecule has 0 aliphatic carbocycles. The van der Waals surface area contributed by atoms with E-state index in [1.165, 1.54) is 5.56 Å². The van der Waals surface area contributed by atoms with Gasteiger partial charge in [-0.1, -0.05) is 42.0 Å². The molecule has 0 unspecified atom stereocenters. The van der Waals surface area contributed by atoms with Gasteiger partial charge in [-0.25, -0.2) is 0 Å². The minimum Gasteiger partial charge on any atom is -0.353 e. The van der Waals surface area contributed by atoms with Gasteiger partial charge in [0, 0.05) is 39.6 Å². The predicted molar refractivity (Wildman–Crippen MR) is 101 cm³/mol. The Hall–Kier alpha value is -2.14. The molecule has 5 heteroatoms. The summed E-state index contributed by atoms with van der Waals surface area (Å²) >= 11 is 0. The van der Waals surface area contributed by atoms with E-state index in [4.69, 9.17) is 0 Å². The molecule has 0 saturated carbocycles. The van der Waals surface area contributed by atoms with E-state index in [1.54, 1.807) is 19.0 Å². The number of likely N-dealkylation sites (N-methyl/N-ethyl adjacent to an activating group) is 1. The number of nitrogens with one attached hydrogen (secondary N) is 1. The number of aryl methyl sites for hydroxylation is 1. The van der Waals surface area contributed by atoms with Crippen molar-refractivity contribution >= 4 is 17.9 Å². The van der Waals surface area contributed by atoms with Gasteiger partial charge in [-0.3, -0.25) is 14.5 Å². The van der Waals surface area contributed by atoms with Crippen molar-refractivity contribution < 1.29 is 9.59 Å². The number of likely N-dealkylation sites (tertiary alicyclic amines) is 1. The summed E-state index contributed by atoms with van der Waals surface area (Å²) in [5, 5.41) is 3.10. The summed E-state index contributed by atoms with van der Waals surface area (Å²) in [5.41, 5.74) is 2.34. The standard InChI is InChI=1S/C20H29N3O2/c1-16-7-9-17(10-8-16)5-4-6-19(24)21-18-11-13-23(14-12-18)15-20(25)22(2)3/h4-5,7-10,18H,6,11-15H2,1-3H3,(H,21,24)/b5-4+. The molecule has 5 nitrogen and oxygen atoms in total. The second kappa shape index (κ2) is 9.37. The number of carbonyl (C=O) groups excluding carboxylic acids is 2. The number of nitrogens with zero attached hydrogens (tertiary/aromatic N) is 2. The number of rotatable bonds is 6. The van der Waals surface area contributed by atoms with Crippen LogP contribution in [0.3, 0.4) is 0 Å². The number of hydrogen-bond donors (Lipinski definition) is 1. The summed E-state index contributed by atoms with van der Waals surface area (Å²) in [6, 6.07) is 8.44. The van der Waals surface area contributed by atoms with Crippen LogP contribution in [0.5, 0.6) is 0 Å². The zero-order valence-electron chi connectivity index (χ0n) is 15.5. The van der Waals surface area contributed by atoms with E-state index in [-0.39, 0.29) is 17.9 Å². The zero-order valence-corrected chi connectivity index (χ0v) is 15.5. The molecule has 25 heavy (non-hydrogen) atoms. The van der Waals surface area contributed by atoms with E-state index in [2.05, 4.69) is 41.4 Å². The van der Waals surface area contributed by atoms with Crippen LogP contribution in [0.25, 0.3) is 6.08 Å². The van der Waals surface area contributed by atoms with Gasteiger partial charge in [-0.2, -0.15) is 0 Å². The highest BCUT2D eigenvalue weighted by molar-refractivity contribution is 5.79. The van der Waals surface area contributed by atoms with Gasteiger partial charge in [-0.05, 0) is 25.3 Å². The normalized spacial score (nSPS) is 16.1. The molecule has 2 rings (SSSR count). The molecular weight excluding hydrogens is 314 g/mol. The maximum absolute atomic E-state index is 12.1. The van der Waals surface area contributed by atoms with Gasteiger partial charge in [0.1, 0.15) is 0 Å². The first-order chi connectivity index (χ1) is 11.9. The highest BCUT2D eigenvalue weighted by atomic mass is 16.2. The smallest absolute Gasteiger partial charge is 0.236 e. The van der Waals surface area contributed by atoms with Crippen molar-refractivity contribution in [2.45, 2.75) is 32.2 Å².